The smallest absolute Gasteiger partial charge is 0.244 e. The average molecular weight is 459 g/mol. The molecule has 3 heterocycles. The summed E-state index contributed by atoms with van der Waals surface area (Å²) in [5.41, 5.74) is 0.483. The number of amides is 2. The third-order valence-electron chi connectivity index (χ3n) is 6.32. The van der Waals surface area contributed by atoms with Gasteiger partial charge in [-0.2, -0.15) is 5.10 Å². The number of piperidine rings is 1. The lowest BCUT2D eigenvalue weighted by molar-refractivity contribution is -0.144. The molecule has 33 heavy (non-hydrogen) atoms. The average Bonchev–Trinajstić information content (AvgIpc) is 3.24. The number of benzene rings is 1. The number of carbonyl (C=O) groups is 2. The Kier molecular flexibility index (Phi) is 7.27. The SMILES string of the molecule is Cc1cnn(CC(=O)N2CCCC(COc3ccc(F)cc3)(CC(=O)N3CCOCC3)C2)c1. The maximum absolute atomic E-state index is 13.3. The Hall–Kier alpha value is -2.94. The molecule has 2 aliphatic heterocycles. The van der Waals surface area contributed by atoms with E-state index in [0.717, 1.165) is 18.4 Å². The molecule has 1 aromatic carbocycles. The molecule has 4 rings (SSSR count). The number of halogens is 1. The van der Waals surface area contributed by atoms with Crippen molar-refractivity contribution in [2.24, 2.45) is 5.41 Å². The van der Waals surface area contributed by atoms with Crippen LogP contribution in [0.15, 0.2) is 36.7 Å². The molecule has 1 unspecified atom stereocenters. The lowest BCUT2D eigenvalue weighted by atomic mass is 9.77. The second-order valence-electron chi connectivity index (χ2n) is 9.05. The first-order valence-electron chi connectivity index (χ1n) is 11.4. The Balaban J connectivity index is 1.48. The highest BCUT2D eigenvalue weighted by Gasteiger charge is 2.41. The van der Waals surface area contributed by atoms with Crippen molar-refractivity contribution in [3.63, 3.8) is 0 Å². The zero-order valence-corrected chi connectivity index (χ0v) is 19.0. The summed E-state index contributed by atoms with van der Waals surface area (Å²) in [5.74, 6) is 0.244. The van der Waals surface area contributed by atoms with Crippen molar-refractivity contribution in [1.29, 1.82) is 0 Å². The van der Waals surface area contributed by atoms with Gasteiger partial charge in [-0.05, 0) is 49.6 Å². The van der Waals surface area contributed by atoms with Gasteiger partial charge in [-0.1, -0.05) is 0 Å². The normalized spacial score (nSPS) is 21.2. The van der Waals surface area contributed by atoms with E-state index in [1.54, 1.807) is 23.0 Å². The van der Waals surface area contributed by atoms with Crippen LogP contribution in [0.5, 0.6) is 5.75 Å². The Morgan fingerprint density at radius 1 is 1.12 bits per heavy atom. The van der Waals surface area contributed by atoms with Gasteiger partial charge in [0.15, 0.2) is 0 Å². The fraction of sp³-hybridized carbons (Fsp3) is 0.542. The van der Waals surface area contributed by atoms with E-state index in [0.29, 0.717) is 51.6 Å². The van der Waals surface area contributed by atoms with Crippen LogP contribution in [-0.2, 0) is 20.9 Å². The van der Waals surface area contributed by atoms with E-state index in [-0.39, 0.29) is 30.8 Å². The number of nitrogens with zero attached hydrogens (tertiary/aromatic N) is 4. The van der Waals surface area contributed by atoms with Gasteiger partial charge in [0.1, 0.15) is 18.1 Å². The summed E-state index contributed by atoms with van der Waals surface area (Å²) in [4.78, 5) is 29.8. The molecule has 2 saturated heterocycles. The Morgan fingerprint density at radius 3 is 2.58 bits per heavy atom. The van der Waals surface area contributed by atoms with Crippen LogP contribution < -0.4 is 4.74 Å². The number of rotatable bonds is 7. The molecule has 2 aromatic rings. The zero-order chi connectivity index (χ0) is 23.3. The van der Waals surface area contributed by atoms with Crippen LogP contribution in [0.4, 0.5) is 4.39 Å². The monoisotopic (exact) mass is 458 g/mol. The van der Waals surface area contributed by atoms with Gasteiger partial charge >= 0.3 is 0 Å². The molecular formula is C24H31FN4O4. The molecule has 0 saturated carbocycles. The number of hydrogen-bond acceptors (Lipinski definition) is 5. The highest BCUT2D eigenvalue weighted by Crippen LogP contribution is 2.35. The van der Waals surface area contributed by atoms with Gasteiger partial charge < -0.3 is 19.3 Å². The summed E-state index contributed by atoms with van der Waals surface area (Å²) in [6.45, 7) is 5.69. The molecule has 0 spiro atoms. The molecule has 0 aliphatic carbocycles. The molecule has 2 fully saturated rings. The van der Waals surface area contributed by atoms with Gasteiger partial charge in [-0.15, -0.1) is 0 Å². The number of morpholine rings is 1. The zero-order valence-electron chi connectivity index (χ0n) is 19.0. The highest BCUT2D eigenvalue weighted by molar-refractivity contribution is 5.78. The maximum Gasteiger partial charge on any atom is 0.244 e. The predicted octanol–water partition coefficient (Wildman–Crippen LogP) is 2.27. The van der Waals surface area contributed by atoms with E-state index in [4.69, 9.17) is 9.47 Å². The first-order valence-corrected chi connectivity index (χ1v) is 11.4. The molecule has 8 nitrogen and oxygen atoms in total. The van der Waals surface area contributed by atoms with Crippen molar-refractivity contribution >= 4 is 11.8 Å². The predicted molar refractivity (Wildman–Crippen MR) is 119 cm³/mol. The summed E-state index contributed by atoms with van der Waals surface area (Å²) in [5, 5.41) is 4.22. The fourth-order valence-corrected chi connectivity index (χ4v) is 4.54. The molecule has 2 aliphatic rings. The lowest BCUT2D eigenvalue weighted by Crippen LogP contribution is -2.52. The van der Waals surface area contributed by atoms with Gasteiger partial charge in [0.05, 0.1) is 26.0 Å². The van der Waals surface area contributed by atoms with E-state index in [1.165, 1.54) is 12.1 Å². The first-order chi connectivity index (χ1) is 15.9. The second-order valence-corrected chi connectivity index (χ2v) is 9.05. The highest BCUT2D eigenvalue weighted by atomic mass is 19.1. The van der Waals surface area contributed by atoms with Crippen molar-refractivity contribution < 1.29 is 23.5 Å². The third-order valence-corrected chi connectivity index (χ3v) is 6.32. The number of ether oxygens (including phenoxy) is 2. The minimum absolute atomic E-state index is 0.0252. The van der Waals surface area contributed by atoms with Crippen molar-refractivity contribution in [3.8, 4) is 5.75 Å². The van der Waals surface area contributed by atoms with Crippen LogP contribution in [0.2, 0.25) is 0 Å². The lowest BCUT2D eigenvalue weighted by Gasteiger charge is -2.43. The minimum Gasteiger partial charge on any atom is -0.493 e. The van der Waals surface area contributed by atoms with Crippen LogP contribution in [0.25, 0.3) is 0 Å². The molecule has 9 heteroatoms. The number of hydrogen-bond donors (Lipinski definition) is 0. The van der Waals surface area contributed by atoms with E-state index in [9.17, 15) is 14.0 Å². The second kappa shape index (κ2) is 10.3. The largest absolute Gasteiger partial charge is 0.493 e. The van der Waals surface area contributed by atoms with Gasteiger partial charge in [0, 0.05) is 44.2 Å². The molecule has 1 atom stereocenters. The standard InChI is InChI=1S/C24H31FN4O4/c1-19-14-26-29(15-19)16-23(31)28-8-2-7-24(17-28,13-22(30)27-9-11-32-12-10-27)18-33-21-5-3-20(25)4-6-21/h3-6,14-15H,2,7-13,16-18H2,1H3. The Labute approximate surface area is 193 Å². The fourth-order valence-electron chi connectivity index (χ4n) is 4.54. The van der Waals surface area contributed by atoms with Crippen molar-refractivity contribution in [2.45, 2.75) is 32.7 Å². The number of likely N-dealkylation sites (tertiary alicyclic amines) is 1. The van der Waals surface area contributed by atoms with Crippen LogP contribution in [-0.4, -0.2) is 77.4 Å². The van der Waals surface area contributed by atoms with Crippen LogP contribution in [0, 0.1) is 18.2 Å². The molecule has 0 radical (unpaired) electrons. The van der Waals surface area contributed by atoms with E-state index < -0.39 is 5.41 Å². The quantitative estimate of drug-likeness (QED) is 0.636. The summed E-state index contributed by atoms with van der Waals surface area (Å²) < 4.78 is 26.3. The van der Waals surface area contributed by atoms with Gasteiger partial charge in [-0.3, -0.25) is 14.3 Å². The number of aromatic nitrogens is 2. The topological polar surface area (TPSA) is 76.9 Å². The van der Waals surface area contributed by atoms with Crippen LogP contribution in [0.1, 0.15) is 24.8 Å². The van der Waals surface area contributed by atoms with E-state index in [1.807, 2.05) is 22.9 Å². The first kappa shape index (κ1) is 23.2. The van der Waals surface area contributed by atoms with Gasteiger partial charge in [0.2, 0.25) is 11.8 Å². The van der Waals surface area contributed by atoms with Crippen molar-refractivity contribution in [2.75, 3.05) is 46.0 Å². The summed E-state index contributed by atoms with van der Waals surface area (Å²) >= 11 is 0. The van der Waals surface area contributed by atoms with E-state index in [2.05, 4.69) is 5.10 Å². The van der Waals surface area contributed by atoms with Crippen LogP contribution in [0.3, 0.4) is 0 Å². The maximum atomic E-state index is 13.3. The molecule has 1 aromatic heterocycles. The van der Waals surface area contributed by atoms with Gasteiger partial charge in [-0.25, -0.2) is 4.39 Å². The molecule has 0 bridgehead atoms. The number of aryl methyl sites for hydroxylation is 1. The van der Waals surface area contributed by atoms with Crippen molar-refractivity contribution in [1.82, 2.24) is 19.6 Å². The Bertz CT molecular complexity index is 958. The minimum atomic E-state index is -0.516. The summed E-state index contributed by atoms with van der Waals surface area (Å²) in [6.07, 6.45) is 5.42. The van der Waals surface area contributed by atoms with Crippen LogP contribution >= 0.6 is 0 Å². The summed E-state index contributed by atoms with van der Waals surface area (Å²) in [6, 6.07) is 5.87. The third kappa shape index (κ3) is 6.10. The Morgan fingerprint density at radius 2 is 1.88 bits per heavy atom. The molecule has 178 valence electrons. The van der Waals surface area contributed by atoms with Gasteiger partial charge in [0.25, 0.3) is 0 Å². The molecule has 0 N–H and O–H groups in total. The summed E-state index contributed by atoms with van der Waals surface area (Å²) in [7, 11) is 0. The van der Waals surface area contributed by atoms with E-state index >= 15 is 0 Å². The van der Waals surface area contributed by atoms with Crippen molar-refractivity contribution in [3.05, 3.63) is 48.0 Å². The molecule has 2 amide bonds. The molecular weight excluding hydrogens is 427 g/mol. The number of carbonyl (C=O) groups excluding carboxylic acids is 2.